The average Bonchev–Trinajstić information content (AvgIpc) is 3.03. The molecular weight excluding hydrogens is 372 g/mol. The molecule has 1 amide bonds. The average molecular weight is 392 g/mol. The maximum absolute atomic E-state index is 12.9. The van der Waals surface area contributed by atoms with Gasteiger partial charge < -0.3 is 4.90 Å². The Kier molecular flexibility index (Phi) is 4.65. The molecule has 3 aromatic rings. The molecule has 0 aromatic heterocycles. The van der Waals surface area contributed by atoms with E-state index >= 15 is 0 Å². The molecule has 1 aliphatic rings. The van der Waals surface area contributed by atoms with E-state index in [9.17, 15) is 13.2 Å². The number of amides is 1. The van der Waals surface area contributed by atoms with Crippen LogP contribution in [0, 0.1) is 0 Å². The van der Waals surface area contributed by atoms with Crippen LogP contribution >= 0.6 is 0 Å². The first-order valence-electron chi connectivity index (χ1n) is 9.05. The molecule has 28 heavy (non-hydrogen) atoms. The molecule has 0 aliphatic carbocycles. The number of hydrogen-bond donors (Lipinski definition) is 1. The van der Waals surface area contributed by atoms with E-state index in [0.29, 0.717) is 17.7 Å². The zero-order chi connectivity index (χ0) is 19.7. The number of nitrogens with one attached hydrogen (secondary N) is 1. The number of carbonyl (C=O) groups excluding carboxylic acids is 1. The lowest BCUT2D eigenvalue weighted by molar-refractivity contribution is 0.0981. The number of hydrogen-bond acceptors (Lipinski definition) is 3. The van der Waals surface area contributed by atoms with Crippen molar-refractivity contribution in [3.05, 3.63) is 90.0 Å². The summed E-state index contributed by atoms with van der Waals surface area (Å²) in [5, 5.41) is 0. The molecule has 6 heteroatoms. The van der Waals surface area contributed by atoms with E-state index in [-0.39, 0.29) is 16.8 Å². The fourth-order valence-corrected chi connectivity index (χ4v) is 4.63. The highest BCUT2D eigenvalue weighted by Crippen LogP contribution is 2.35. The molecule has 0 fully saturated rings. The zero-order valence-electron chi connectivity index (χ0n) is 15.4. The van der Waals surface area contributed by atoms with Crippen molar-refractivity contribution >= 4 is 27.3 Å². The van der Waals surface area contributed by atoms with E-state index in [4.69, 9.17) is 0 Å². The molecule has 0 unspecified atom stereocenters. The van der Waals surface area contributed by atoms with Gasteiger partial charge in [-0.3, -0.25) is 9.52 Å². The van der Waals surface area contributed by atoms with Gasteiger partial charge in [0.05, 0.1) is 4.90 Å². The van der Waals surface area contributed by atoms with Gasteiger partial charge in [0.1, 0.15) is 0 Å². The van der Waals surface area contributed by atoms with Crippen molar-refractivity contribution in [3.63, 3.8) is 0 Å². The predicted molar refractivity (Wildman–Crippen MR) is 110 cm³/mol. The molecule has 4 rings (SSSR count). The van der Waals surface area contributed by atoms with Gasteiger partial charge in [-0.15, -0.1) is 0 Å². The van der Waals surface area contributed by atoms with Crippen LogP contribution in [-0.4, -0.2) is 20.4 Å². The summed E-state index contributed by atoms with van der Waals surface area (Å²) in [7, 11) is -3.70. The van der Waals surface area contributed by atoms with Crippen LogP contribution in [-0.2, 0) is 16.4 Å². The Balaban J connectivity index is 1.65. The van der Waals surface area contributed by atoms with E-state index in [0.717, 1.165) is 11.3 Å². The Labute approximate surface area is 164 Å². The van der Waals surface area contributed by atoms with Crippen LogP contribution in [0.1, 0.15) is 22.8 Å². The van der Waals surface area contributed by atoms with E-state index < -0.39 is 10.0 Å². The Morgan fingerprint density at radius 3 is 2.29 bits per heavy atom. The molecule has 1 heterocycles. The molecule has 0 saturated carbocycles. The number of benzene rings is 3. The van der Waals surface area contributed by atoms with Gasteiger partial charge >= 0.3 is 0 Å². The maximum atomic E-state index is 12.9. The molecule has 0 saturated heterocycles. The molecule has 3 aromatic carbocycles. The summed E-state index contributed by atoms with van der Waals surface area (Å²) in [6.45, 7) is 1.97. The first-order valence-corrected chi connectivity index (χ1v) is 10.5. The van der Waals surface area contributed by atoms with E-state index in [2.05, 4.69) is 4.72 Å². The SMILES string of the molecule is C[C@H]1Cc2cc(S(=O)(=O)Nc3ccccc3)ccc2N1C(=O)c1ccccc1. The number of para-hydroxylation sites is 1. The Morgan fingerprint density at radius 2 is 1.61 bits per heavy atom. The van der Waals surface area contributed by atoms with Crippen molar-refractivity contribution in [2.45, 2.75) is 24.3 Å². The quantitative estimate of drug-likeness (QED) is 0.728. The van der Waals surface area contributed by atoms with Crippen molar-refractivity contribution in [1.29, 1.82) is 0 Å². The fraction of sp³-hybridized carbons (Fsp3) is 0.136. The molecule has 0 radical (unpaired) electrons. The smallest absolute Gasteiger partial charge is 0.261 e. The third-order valence-corrected chi connectivity index (χ3v) is 6.22. The van der Waals surface area contributed by atoms with Crippen LogP contribution in [0.15, 0.2) is 83.8 Å². The van der Waals surface area contributed by atoms with Gasteiger partial charge in [-0.25, -0.2) is 8.42 Å². The summed E-state index contributed by atoms with van der Waals surface area (Å²) in [6.07, 6.45) is 0.614. The van der Waals surface area contributed by atoms with Crippen LogP contribution in [0.4, 0.5) is 11.4 Å². The number of rotatable bonds is 4. The third kappa shape index (κ3) is 3.39. The molecule has 5 nitrogen and oxygen atoms in total. The summed E-state index contributed by atoms with van der Waals surface area (Å²) in [4.78, 5) is 14.9. The first-order chi connectivity index (χ1) is 13.5. The second-order valence-electron chi connectivity index (χ2n) is 6.86. The number of carbonyl (C=O) groups is 1. The van der Waals surface area contributed by atoms with Crippen molar-refractivity contribution in [2.75, 3.05) is 9.62 Å². The lowest BCUT2D eigenvalue weighted by Gasteiger charge is -2.23. The second kappa shape index (κ2) is 7.13. The van der Waals surface area contributed by atoms with E-state index in [1.54, 1.807) is 59.5 Å². The van der Waals surface area contributed by atoms with Gasteiger partial charge in [0, 0.05) is 23.0 Å². The molecule has 1 atom stereocenters. The van der Waals surface area contributed by atoms with Crippen molar-refractivity contribution < 1.29 is 13.2 Å². The summed E-state index contributed by atoms with van der Waals surface area (Å²) >= 11 is 0. The standard InChI is InChI=1S/C22H20N2O3S/c1-16-14-18-15-20(28(26,27)23-19-10-6-3-7-11-19)12-13-21(18)24(16)22(25)17-8-4-2-5-9-17/h2-13,15-16,23H,14H2,1H3/t16-/m0/s1. The highest BCUT2D eigenvalue weighted by molar-refractivity contribution is 7.92. The normalized spacial score (nSPS) is 15.9. The summed E-state index contributed by atoms with van der Waals surface area (Å²) in [5.41, 5.74) is 2.75. The molecule has 0 spiro atoms. The van der Waals surface area contributed by atoms with Gasteiger partial charge in [-0.2, -0.15) is 0 Å². The van der Waals surface area contributed by atoms with Crippen LogP contribution in [0.25, 0.3) is 0 Å². The molecule has 142 valence electrons. The van der Waals surface area contributed by atoms with E-state index in [1.807, 2.05) is 31.2 Å². The van der Waals surface area contributed by atoms with Crippen LogP contribution in [0.5, 0.6) is 0 Å². The van der Waals surface area contributed by atoms with Gasteiger partial charge in [0.2, 0.25) is 0 Å². The lowest BCUT2D eigenvalue weighted by Crippen LogP contribution is -2.35. The largest absolute Gasteiger partial charge is 0.305 e. The minimum Gasteiger partial charge on any atom is -0.305 e. The van der Waals surface area contributed by atoms with Gasteiger partial charge in [0.15, 0.2) is 0 Å². The topological polar surface area (TPSA) is 66.5 Å². The number of sulfonamides is 1. The second-order valence-corrected chi connectivity index (χ2v) is 8.54. The zero-order valence-corrected chi connectivity index (χ0v) is 16.2. The minimum absolute atomic E-state index is 0.0391. The highest BCUT2D eigenvalue weighted by atomic mass is 32.2. The minimum atomic E-state index is -3.70. The van der Waals surface area contributed by atoms with Gasteiger partial charge in [-0.05, 0) is 61.4 Å². The number of fused-ring (bicyclic) bond motifs is 1. The Morgan fingerprint density at radius 1 is 0.964 bits per heavy atom. The lowest BCUT2D eigenvalue weighted by atomic mass is 10.1. The predicted octanol–water partition coefficient (Wildman–Crippen LogP) is 4.08. The molecule has 0 bridgehead atoms. The van der Waals surface area contributed by atoms with Gasteiger partial charge in [0.25, 0.3) is 15.9 Å². The highest BCUT2D eigenvalue weighted by Gasteiger charge is 2.32. The molecular formula is C22H20N2O3S. The number of anilines is 2. The fourth-order valence-electron chi connectivity index (χ4n) is 3.52. The Bertz CT molecular complexity index is 1110. The van der Waals surface area contributed by atoms with Crippen molar-refractivity contribution in [3.8, 4) is 0 Å². The third-order valence-electron chi connectivity index (χ3n) is 4.84. The van der Waals surface area contributed by atoms with Crippen molar-refractivity contribution in [1.82, 2.24) is 0 Å². The summed E-state index contributed by atoms with van der Waals surface area (Å²) in [6, 6.07) is 22.8. The Hall–Kier alpha value is -3.12. The summed E-state index contributed by atoms with van der Waals surface area (Å²) < 4.78 is 28.0. The van der Waals surface area contributed by atoms with Crippen LogP contribution in [0.2, 0.25) is 0 Å². The van der Waals surface area contributed by atoms with E-state index in [1.165, 1.54) is 0 Å². The number of nitrogens with zero attached hydrogens (tertiary/aromatic N) is 1. The first kappa shape index (κ1) is 18.3. The van der Waals surface area contributed by atoms with Crippen molar-refractivity contribution in [2.24, 2.45) is 0 Å². The monoisotopic (exact) mass is 392 g/mol. The molecule has 1 aliphatic heterocycles. The summed E-state index contributed by atoms with van der Waals surface area (Å²) in [5.74, 6) is -0.0788. The van der Waals surface area contributed by atoms with Gasteiger partial charge in [-0.1, -0.05) is 36.4 Å². The maximum Gasteiger partial charge on any atom is 0.261 e. The molecule has 1 N–H and O–H groups in total. The van der Waals surface area contributed by atoms with Crippen LogP contribution in [0.3, 0.4) is 0 Å². The van der Waals surface area contributed by atoms with Crippen LogP contribution < -0.4 is 9.62 Å².